The maximum atomic E-state index is 13.0. The van der Waals surface area contributed by atoms with E-state index in [0.29, 0.717) is 47.3 Å². The summed E-state index contributed by atoms with van der Waals surface area (Å²) >= 11 is 0. The van der Waals surface area contributed by atoms with Crippen LogP contribution in [0.5, 0.6) is 28.7 Å². The summed E-state index contributed by atoms with van der Waals surface area (Å²) in [6.45, 7) is 7.42. The standard InChI is InChI=1S/C52H64O8.C2H6/c1-2-3-9-14-38-17-19-39(20-18-38)40-21-23-42(24-22-40)51(55)59-45-29-31-46(32-30-45)60-52(56)43-25-27-44(28-26-43)57-35-12-6-4-5-7-13-36-58-47-33-34-48(49(53)37-47)50(54)41-15-10-8-11-16-41;1-2/h8,10-11,15-16,25-34,37-40,42,53H,2-7,9,12-14,17-24,35-36H2,1H3;1-2H3. The molecule has 0 heterocycles. The molecule has 0 atom stereocenters. The maximum absolute atomic E-state index is 13.0. The lowest BCUT2D eigenvalue weighted by atomic mass is 9.68. The van der Waals surface area contributed by atoms with Gasteiger partial charge in [-0.05, 0) is 130 Å². The van der Waals surface area contributed by atoms with E-state index in [1.165, 1.54) is 57.4 Å². The minimum absolute atomic E-state index is 0.0466. The molecule has 4 aromatic carbocycles. The molecular weight excluding hydrogens is 777 g/mol. The first kappa shape index (κ1) is 47.9. The molecule has 0 bridgehead atoms. The van der Waals surface area contributed by atoms with Gasteiger partial charge >= 0.3 is 11.9 Å². The number of phenolic OH excluding ortho intramolecular Hbond substituents is 1. The van der Waals surface area contributed by atoms with Gasteiger partial charge in [-0.2, -0.15) is 0 Å². The summed E-state index contributed by atoms with van der Waals surface area (Å²) in [6, 6.07) is 27.4. The van der Waals surface area contributed by atoms with Crippen molar-refractivity contribution in [2.75, 3.05) is 13.2 Å². The number of esters is 2. The first-order valence-electron chi connectivity index (χ1n) is 23.7. The molecule has 0 radical (unpaired) electrons. The molecule has 0 aliphatic heterocycles. The second-order valence-electron chi connectivity index (χ2n) is 16.9. The van der Waals surface area contributed by atoms with Crippen molar-refractivity contribution in [2.24, 2.45) is 23.7 Å². The van der Waals surface area contributed by atoms with Crippen molar-refractivity contribution < 1.29 is 38.4 Å². The molecule has 4 aromatic rings. The van der Waals surface area contributed by atoms with Crippen LogP contribution in [0.3, 0.4) is 0 Å². The molecule has 2 saturated carbocycles. The van der Waals surface area contributed by atoms with Gasteiger partial charge in [-0.1, -0.05) is 115 Å². The molecule has 0 unspecified atom stereocenters. The molecule has 62 heavy (non-hydrogen) atoms. The van der Waals surface area contributed by atoms with E-state index in [1.807, 2.05) is 19.9 Å². The van der Waals surface area contributed by atoms with E-state index in [-0.39, 0.29) is 29.0 Å². The van der Waals surface area contributed by atoms with Crippen molar-refractivity contribution in [1.82, 2.24) is 0 Å². The fourth-order valence-electron chi connectivity index (χ4n) is 8.92. The van der Waals surface area contributed by atoms with Gasteiger partial charge in [-0.25, -0.2) is 4.79 Å². The number of hydrogen-bond acceptors (Lipinski definition) is 8. The Kier molecular flexibility index (Phi) is 20.4. The Morgan fingerprint density at radius 1 is 0.548 bits per heavy atom. The van der Waals surface area contributed by atoms with Crippen LogP contribution in [-0.4, -0.2) is 36.0 Å². The third-order valence-electron chi connectivity index (χ3n) is 12.5. The van der Waals surface area contributed by atoms with Crippen molar-refractivity contribution in [3.05, 3.63) is 114 Å². The number of aromatic hydroxyl groups is 1. The Hall–Kier alpha value is -5.11. The van der Waals surface area contributed by atoms with Gasteiger partial charge in [0.1, 0.15) is 28.7 Å². The Morgan fingerprint density at radius 2 is 1.08 bits per heavy atom. The van der Waals surface area contributed by atoms with Crippen molar-refractivity contribution in [2.45, 2.75) is 136 Å². The van der Waals surface area contributed by atoms with Crippen LogP contribution in [0.15, 0.2) is 97.1 Å². The van der Waals surface area contributed by atoms with Crippen LogP contribution in [0.1, 0.15) is 163 Å². The van der Waals surface area contributed by atoms with E-state index in [2.05, 4.69) is 6.92 Å². The monoisotopic (exact) mass is 847 g/mol. The van der Waals surface area contributed by atoms with Gasteiger partial charge in [0.25, 0.3) is 0 Å². The molecule has 2 aliphatic carbocycles. The number of phenols is 1. The summed E-state index contributed by atoms with van der Waals surface area (Å²) in [4.78, 5) is 38.5. The summed E-state index contributed by atoms with van der Waals surface area (Å²) in [5.41, 5.74) is 1.21. The Morgan fingerprint density at radius 3 is 1.68 bits per heavy atom. The summed E-state index contributed by atoms with van der Waals surface area (Å²) in [7, 11) is 0. The molecule has 0 amide bonds. The molecule has 2 fully saturated rings. The molecule has 8 heteroatoms. The largest absolute Gasteiger partial charge is 0.507 e. The van der Waals surface area contributed by atoms with Crippen LogP contribution in [0, 0.1) is 23.7 Å². The van der Waals surface area contributed by atoms with E-state index in [0.717, 1.165) is 82.0 Å². The summed E-state index contributed by atoms with van der Waals surface area (Å²) in [5, 5.41) is 10.4. The predicted molar refractivity (Wildman–Crippen MR) is 247 cm³/mol. The molecule has 0 saturated heterocycles. The number of carbonyl (C=O) groups excluding carboxylic acids is 3. The van der Waals surface area contributed by atoms with E-state index in [1.54, 1.807) is 84.9 Å². The first-order valence-corrected chi connectivity index (χ1v) is 23.7. The highest BCUT2D eigenvalue weighted by atomic mass is 16.5. The number of ether oxygens (including phenoxy) is 4. The second-order valence-corrected chi connectivity index (χ2v) is 16.9. The topological polar surface area (TPSA) is 108 Å². The minimum atomic E-state index is -0.468. The summed E-state index contributed by atoms with van der Waals surface area (Å²) in [5.74, 6) is 3.66. The summed E-state index contributed by atoms with van der Waals surface area (Å²) < 4.78 is 23.0. The number of unbranched alkanes of at least 4 members (excludes halogenated alkanes) is 7. The molecule has 2 aliphatic rings. The molecule has 334 valence electrons. The maximum Gasteiger partial charge on any atom is 0.343 e. The zero-order valence-corrected chi connectivity index (χ0v) is 37.5. The van der Waals surface area contributed by atoms with Crippen molar-refractivity contribution in [3.63, 3.8) is 0 Å². The quantitative estimate of drug-likeness (QED) is 0.0360. The van der Waals surface area contributed by atoms with Crippen LogP contribution < -0.4 is 18.9 Å². The van der Waals surface area contributed by atoms with Crippen molar-refractivity contribution in [1.29, 1.82) is 0 Å². The number of hydrogen-bond donors (Lipinski definition) is 1. The highest BCUT2D eigenvalue weighted by Gasteiger charge is 2.33. The van der Waals surface area contributed by atoms with Crippen molar-refractivity contribution >= 4 is 17.7 Å². The fourth-order valence-corrected chi connectivity index (χ4v) is 8.92. The lowest BCUT2D eigenvalue weighted by Crippen LogP contribution is -2.30. The Bertz CT molecular complexity index is 1910. The molecule has 6 rings (SSSR count). The third kappa shape index (κ3) is 15.4. The van der Waals surface area contributed by atoms with Crippen LogP contribution in [0.4, 0.5) is 0 Å². The van der Waals surface area contributed by atoms with Crippen molar-refractivity contribution in [3.8, 4) is 28.7 Å². The van der Waals surface area contributed by atoms with Gasteiger partial charge in [0.2, 0.25) is 0 Å². The smallest absolute Gasteiger partial charge is 0.343 e. The lowest BCUT2D eigenvalue weighted by Gasteiger charge is -2.37. The van der Waals surface area contributed by atoms with Gasteiger partial charge in [0, 0.05) is 11.6 Å². The zero-order valence-electron chi connectivity index (χ0n) is 37.5. The molecule has 0 spiro atoms. The highest BCUT2D eigenvalue weighted by molar-refractivity contribution is 6.10. The van der Waals surface area contributed by atoms with Gasteiger partial charge in [0.05, 0.1) is 30.3 Å². The number of benzene rings is 4. The molecule has 0 aromatic heterocycles. The highest BCUT2D eigenvalue weighted by Crippen LogP contribution is 2.42. The number of rotatable bonds is 22. The molecular formula is C54H70O8. The molecule has 1 N–H and O–H groups in total. The molecule has 8 nitrogen and oxygen atoms in total. The SMILES string of the molecule is CC.CCCCCC1CCC(C2CCC(C(=O)Oc3ccc(OC(=O)c4ccc(OCCCCCCCCOc5ccc(C(=O)c6ccccc6)c(O)c5)cc4)cc3)CC2)CC1. The average molecular weight is 847 g/mol. The van der Waals surface area contributed by atoms with Crippen LogP contribution in [0.2, 0.25) is 0 Å². The van der Waals surface area contributed by atoms with E-state index in [4.69, 9.17) is 18.9 Å². The van der Waals surface area contributed by atoms with Gasteiger partial charge in [0.15, 0.2) is 5.78 Å². The van der Waals surface area contributed by atoms with Gasteiger partial charge in [-0.3, -0.25) is 9.59 Å². The first-order chi connectivity index (χ1) is 30.4. The van der Waals surface area contributed by atoms with E-state index < -0.39 is 5.97 Å². The fraction of sp³-hybridized carbons (Fsp3) is 0.500. The zero-order chi connectivity index (χ0) is 43.9. The van der Waals surface area contributed by atoms with Crippen LogP contribution in [0.25, 0.3) is 0 Å². The van der Waals surface area contributed by atoms with E-state index in [9.17, 15) is 19.5 Å². The average Bonchev–Trinajstić information content (AvgIpc) is 3.31. The van der Waals surface area contributed by atoms with Crippen LogP contribution in [-0.2, 0) is 4.79 Å². The third-order valence-corrected chi connectivity index (χ3v) is 12.5. The van der Waals surface area contributed by atoms with Gasteiger partial charge < -0.3 is 24.1 Å². The second kappa shape index (κ2) is 26.4. The van der Waals surface area contributed by atoms with Gasteiger partial charge in [-0.15, -0.1) is 0 Å². The number of carbonyl (C=O) groups is 3. The van der Waals surface area contributed by atoms with Crippen LogP contribution >= 0.6 is 0 Å². The number of ketones is 1. The lowest BCUT2D eigenvalue weighted by molar-refractivity contribution is -0.140. The summed E-state index contributed by atoms with van der Waals surface area (Å²) in [6.07, 6.45) is 21.1. The Labute approximate surface area is 370 Å². The predicted octanol–water partition coefficient (Wildman–Crippen LogP) is 13.8. The Balaban J connectivity index is 0.00000358. The van der Waals surface area contributed by atoms with E-state index >= 15 is 0 Å². The minimum Gasteiger partial charge on any atom is -0.507 e. The normalized spacial score (nSPS) is 18.4.